The van der Waals surface area contributed by atoms with Gasteiger partial charge in [-0.2, -0.15) is 0 Å². The second-order valence-corrected chi connectivity index (χ2v) is 14.5. The number of hydrogen-bond acceptors (Lipinski definition) is 2. The number of hydrogen-bond donors (Lipinski definition) is 0. The lowest BCUT2D eigenvalue weighted by molar-refractivity contribution is 0.809. The van der Waals surface area contributed by atoms with Crippen molar-refractivity contribution in [1.82, 2.24) is 9.97 Å². The van der Waals surface area contributed by atoms with Crippen LogP contribution in [-0.4, -0.2) is 9.97 Å². The summed E-state index contributed by atoms with van der Waals surface area (Å²) in [5.74, 6) is 0. The lowest BCUT2D eigenvalue weighted by Gasteiger charge is -2.32. The van der Waals surface area contributed by atoms with Gasteiger partial charge in [-0.25, -0.2) is 4.98 Å². The minimum atomic E-state index is -0.422. The molecular weight excluding hydrogens is 641 g/mol. The highest BCUT2D eigenvalue weighted by molar-refractivity contribution is 6.09. The van der Waals surface area contributed by atoms with Gasteiger partial charge in [-0.05, 0) is 95.4 Å². The van der Waals surface area contributed by atoms with Crippen molar-refractivity contribution in [3.05, 3.63) is 204 Å². The predicted octanol–water partition coefficient (Wildman–Crippen LogP) is 12.8. The van der Waals surface area contributed by atoms with Crippen molar-refractivity contribution in [3.8, 4) is 44.6 Å². The molecule has 2 heterocycles. The van der Waals surface area contributed by atoms with Crippen molar-refractivity contribution in [3.63, 3.8) is 0 Å². The van der Waals surface area contributed by atoms with Crippen LogP contribution in [0.2, 0.25) is 0 Å². The van der Waals surface area contributed by atoms with E-state index in [9.17, 15) is 0 Å². The Hall–Kier alpha value is -6.90. The highest BCUT2D eigenvalue weighted by Gasteiger charge is 2.53. The van der Waals surface area contributed by atoms with Gasteiger partial charge < -0.3 is 0 Å². The Morgan fingerprint density at radius 1 is 0.358 bits per heavy atom. The molecule has 2 heteroatoms. The summed E-state index contributed by atoms with van der Waals surface area (Å²) in [6.45, 7) is 0. The zero-order chi connectivity index (χ0) is 34.7. The Balaban J connectivity index is 1.03. The third-order valence-electron chi connectivity index (χ3n) is 11.9. The maximum absolute atomic E-state index is 5.09. The first-order chi connectivity index (χ1) is 26.3. The molecule has 0 amide bonds. The summed E-state index contributed by atoms with van der Waals surface area (Å²) < 4.78 is 0. The Labute approximate surface area is 306 Å². The molecule has 0 bridgehead atoms. The molecule has 12 rings (SSSR count). The lowest BCUT2D eigenvalue weighted by Crippen LogP contribution is -2.26. The van der Waals surface area contributed by atoms with Crippen LogP contribution in [0.4, 0.5) is 0 Å². The van der Waals surface area contributed by atoms with E-state index in [1.54, 1.807) is 0 Å². The number of nitrogens with zero attached hydrogens (tertiary/aromatic N) is 2. The van der Waals surface area contributed by atoms with Crippen LogP contribution in [0.25, 0.3) is 88.0 Å². The summed E-state index contributed by atoms with van der Waals surface area (Å²) in [6.07, 6.45) is 1.84. The predicted molar refractivity (Wildman–Crippen MR) is 219 cm³/mol. The van der Waals surface area contributed by atoms with Crippen LogP contribution in [0.15, 0.2) is 182 Å². The summed E-state index contributed by atoms with van der Waals surface area (Å²) in [4.78, 5) is 9.74. The molecule has 0 unspecified atom stereocenters. The number of rotatable bonds is 2. The molecule has 2 aliphatic rings. The van der Waals surface area contributed by atoms with Gasteiger partial charge in [0.25, 0.3) is 0 Å². The van der Waals surface area contributed by atoms with Gasteiger partial charge in [0.15, 0.2) is 0 Å². The SMILES string of the molecule is c1ccc2c(c1)-c1ccccc1C21c2c(ccc3ccccc23)-c2ccc3cc(-c4ccc(-c5ccc6ccc7cccnc7c6n5)cc4)ccc3c21. The zero-order valence-corrected chi connectivity index (χ0v) is 28.7. The van der Waals surface area contributed by atoms with Crippen molar-refractivity contribution in [2.45, 2.75) is 5.41 Å². The number of pyridine rings is 2. The van der Waals surface area contributed by atoms with Crippen LogP contribution < -0.4 is 0 Å². The average Bonchev–Trinajstić information content (AvgIpc) is 3.71. The van der Waals surface area contributed by atoms with Crippen molar-refractivity contribution in [2.24, 2.45) is 0 Å². The standard InChI is InChI=1S/C51H30N2/c1-2-10-38-32(8-1)21-26-42-43-27-23-37-30-36(31-15-17-33(18-16-31)46-28-24-35-20-19-34-9-7-29-52-49(34)50(35)53-46)22-25-39(37)48(43)51(47(38)42)44-13-5-3-11-40(44)41-12-4-6-14-45(41)51/h1-30H. The molecule has 2 aromatic heterocycles. The largest absolute Gasteiger partial charge is 0.254 e. The fourth-order valence-electron chi connectivity index (χ4n) is 9.65. The molecule has 53 heavy (non-hydrogen) atoms. The van der Waals surface area contributed by atoms with E-state index in [-0.39, 0.29) is 0 Å². The first-order valence-corrected chi connectivity index (χ1v) is 18.3. The van der Waals surface area contributed by atoms with Gasteiger partial charge >= 0.3 is 0 Å². The van der Waals surface area contributed by atoms with Crippen LogP contribution in [0.3, 0.4) is 0 Å². The van der Waals surface area contributed by atoms with Crippen LogP contribution in [0.5, 0.6) is 0 Å². The fraction of sp³-hybridized carbons (Fsp3) is 0.0196. The minimum absolute atomic E-state index is 0.422. The van der Waals surface area contributed by atoms with Crippen LogP contribution in [-0.2, 0) is 5.41 Å². The molecule has 0 N–H and O–H groups in total. The molecule has 244 valence electrons. The molecule has 2 aliphatic carbocycles. The average molecular weight is 671 g/mol. The second kappa shape index (κ2) is 10.6. The molecule has 10 aromatic rings. The van der Waals surface area contributed by atoms with E-state index in [0.29, 0.717) is 0 Å². The topological polar surface area (TPSA) is 25.8 Å². The van der Waals surface area contributed by atoms with Gasteiger partial charge in [-0.15, -0.1) is 0 Å². The molecule has 0 fully saturated rings. The molecule has 2 nitrogen and oxygen atoms in total. The van der Waals surface area contributed by atoms with E-state index in [1.165, 1.54) is 77.2 Å². The quantitative estimate of drug-likeness (QED) is 0.171. The first kappa shape index (κ1) is 28.8. The smallest absolute Gasteiger partial charge is 0.0972 e. The second-order valence-electron chi connectivity index (χ2n) is 14.5. The number of fused-ring (bicyclic) bond motifs is 17. The van der Waals surface area contributed by atoms with E-state index < -0.39 is 5.41 Å². The molecule has 0 saturated heterocycles. The van der Waals surface area contributed by atoms with Crippen molar-refractivity contribution in [1.29, 1.82) is 0 Å². The van der Waals surface area contributed by atoms with Gasteiger partial charge in [0, 0.05) is 22.5 Å². The first-order valence-electron chi connectivity index (χ1n) is 18.3. The molecule has 0 atom stereocenters. The van der Waals surface area contributed by atoms with Crippen molar-refractivity contribution < 1.29 is 0 Å². The van der Waals surface area contributed by atoms with Crippen molar-refractivity contribution in [2.75, 3.05) is 0 Å². The van der Waals surface area contributed by atoms with E-state index >= 15 is 0 Å². The minimum Gasteiger partial charge on any atom is -0.254 e. The van der Waals surface area contributed by atoms with Gasteiger partial charge in [0.05, 0.1) is 22.1 Å². The maximum atomic E-state index is 5.09. The summed E-state index contributed by atoms with van der Waals surface area (Å²) in [7, 11) is 0. The van der Waals surface area contributed by atoms with E-state index in [4.69, 9.17) is 4.98 Å². The third-order valence-corrected chi connectivity index (χ3v) is 11.9. The van der Waals surface area contributed by atoms with Crippen LogP contribution in [0.1, 0.15) is 22.3 Å². The molecule has 0 aliphatic heterocycles. The highest BCUT2D eigenvalue weighted by Crippen LogP contribution is 2.65. The summed E-state index contributed by atoms with van der Waals surface area (Å²) in [5.41, 5.74) is 16.7. The normalized spacial score (nSPS) is 13.4. The lowest BCUT2D eigenvalue weighted by atomic mass is 9.68. The third kappa shape index (κ3) is 3.82. The molecule has 1 spiro atoms. The molecule has 8 aromatic carbocycles. The van der Waals surface area contributed by atoms with Gasteiger partial charge in [-0.3, -0.25) is 4.98 Å². The summed E-state index contributed by atoms with van der Waals surface area (Å²) >= 11 is 0. The van der Waals surface area contributed by atoms with Crippen LogP contribution in [0, 0.1) is 0 Å². The Kier molecular flexibility index (Phi) is 5.73. The highest BCUT2D eigenvalue weighted by atomic mass is 14.7. The van der Waals surface area contributed by atoms with Gasteiger partial charge in [-0.1, -0.05) is 158 Å². The fourth-order valence-corrected chi connectivity index (χ4v) is 9.65. The Morgan fingerprint density at radius 3 is 1.70 bits per heavy atom. The van der Waals surface area contributed by atoms with Crippen LogP contribution >= 0.6 is 0 Å². The summed E-state index contributed by atoms with van der Waals surface area (Å²) in [5, 5.41) is 7.35. The number of benzene rings is 8. The zero-order valence-electron chi connectivity index (χ0n) is 28.7. The Bertz CT molecular complexity index is 3130. The molecule has 0 radical (unpaired) electrons. The van der Waals surface area contributed by atoms with Gasteiger partial charge in [0.1, 0.15) is 0 Å². The Morgan fingerprint density at radius 2 is 0.925 bits per heavy atom. The monoisotopic (exact) mass is 670 g/mol. The van der Waals surface area contributed by atoms with E-state index in [0.717, 1.165) is 33.1 Å². The molecule has 0 saturated carbocycles. The van der Waals surface area contributed by atoms with E-state index in [2.05, 4.69) is 175 Å². The summed E-state index contributed by atoms with van der Waals surface area (Å²) in [6, 6.07) is 64.9. The van der Waals surface area contributed by atoms with Crippen molar-refractivity contribution >= 4 is 43.4 Å². The maximum Gasteiger partial charge on any atom is 0.0972 e. The van der Waals surface area contributed by atoms with E-state index in [1.807, 2.05) is 12.3 Å². The number of aromatic nitrogens is 2. The van der Waals surface area contributed by atoms with Gasteiger partial charge in [0.2, 0.25) is 0 Å². The molecular formula is C51H30N2.